The molecule has 4 heteroatoms. The molecule has 1 aromatic carbocycles. The zero-order chi connectivity index (χ0) is 13.9. The molecular formula is C15H20O3S. The molecular weight excluding hydrogens is 260 g/mol. The number of hydrogen-bond acceptors (Lipinski definition) is 3. The summed E-state index contributed by atoms with van der Waals surface area (Å²) in [5.74, 6) is -0.633. The van der Waals surface area contributed by atoms with Crippen molar-refractivity contribution in [3.8, 4) is 0 Å². The van der Waals surface area contributed by atoms with E-state index in [-0.39, 0.29) is 16.8 Å². The van der Waals surface area contributed by atoms with Gasteiger partial charge in [0.2, 0.25) is 0 Å². The summed E-state index contributed by atoms with van der Waals surface area (Å²) in [7, 11) is -3.29. The molecule has 104 valence electrons. The van der Waals surface area contributed by atoms with Crippen LogP contribution in [0.4, 0.5) is 0 Å². The number of benzene rings is 1. The molecule has 0 spiro atoms. The first-order valence-electron chi connectivity index (χ1n) is 6.80. The normalized spacial score (nSPS) is 17.3. The van der Waals surface area contributed by atoms with E-state index in [9.17, 15) is 13.2 Å². The standard InChI is InChI=1S/C15H20O3S/c1-12-7-9-13(10-8-12)15(16)11-19(17,18)14-5-3-2-4-6-14/h7-10,14H,2-6,11H2,1H3. The Kier molecular flexibility index (Phi) is 4.40. The molecule has 0 saturated heterocycles. The first-order chi connectivity index (χ1) is 8.99. The van der Waals surface area contributed by atoms with Crippen LogP contribution < -0.4 is 0 Å². The van der Waals surface area contributed by atoms with Crippen LogP contribution in [0.2, 0.25) is 0 Å². The Morgan fingerprint density at radius 1 is 1.11 bits per heavy atom. The van der Waals surface area contributed by atoms with E-state index in [0.717, 1.165) is 24.8 Å². The fourth-order valence-electron chi connectivity index (χ4n) is 2.55. The molecule has 0 bridgehead atoms. The van der Waals surface area contributed by atoms with Crippen LogP contribution in [-0.2, 0) is 9.84 Å². The summed E-state index contributed by atoms with van der Waals surface area (Å²) in [6, 6.07) is 7.07. The van der Waals surface area contributed by atoms with Crippen molar-refractivity contribution < 1.29 is 13.2 Å². The minimum atomic E-state index is -3.29. The smallest absolute Gasteiger partial charge is 0.177 e. The highest BCUT2D eigenvalue weighted by Crippen LogP contribution is 2.24. The van der Waals surface area contributed by atoms with Gasteiger partial charge in [-0.2, -0.15) is 0 Å². The van der Waals surface area contributed by atoms with Crippen molar-refractivity contribution in [3.05, 3.63) is 35.4 Å². The molecule has 0 heterocycles. The maximum absolute atomic E-state index is 12.2. The van der Waals surface area contributed by atoms with Crippen LogP contribution in [0.5, 0.6) is 0 Å². The van der Waals surface area contributed by atoms with Crippen LogP contribution in [0.25, 0.3) is 0 Å². The van der Waals surface area contributed by atoms with Gasteiger partial charge in [0.25, 0.3) is 0 Å². The topological polar surface area (TPSA) is 51.2 Å². The summed E-state index contributed by atoms with van der Waals surface area (Å²) in [6.45, 7) is 1.94. The highest BCUT2D eigenvalue weighted by molar-refractivity contribution is 7.92. The molecule has 1 saturated carbocycles. The summed E-state index contributed by atoms with van der Waals surface area (Å²) < 4.78 is 24.4. The molecule has 0 radical (unpaired) electrons. The lowest BCUT2D eigenvalue weighted by molar-refractivity contribution is 0.102. The van der Waals surface area contributed by atoms with Crippen LogP contribution in [0, 0.1) is 6.92 Å². The first kappa shape index (κ1) is 14.3. The number of aryl methyl sites for hydroxylation is 1. The zero-order valence-corrected chi connectivity index (χ0v) is 12.1. The largest absolute Gasteiger partial charge is 0.293 e. The molecule has 3 nitrogen and oxygen atoms in total. The Bertz CT molecular complexity index is 537. The van der Waals surface area contributed by atoms with Gasteiger partial charge in [0.1, 0.15) is 5.75 Å². The number of Topliss-reactive ketones (excluding diaryl/α,β-unsaturated/α-hetero) is 1. The third kappa shape index (κ3) is 3.66. The van der Waals surface area contributed by atoms with E-state index in [2.05, 4.69) is 0 Å². The highest BCUT2D eigenvalue weighted by atomic mass is 32.2. The van der Waals surface area contributed by atoms with Crippen molar-refractivity contribution in [1.29, 1.82) is 0 Å². The maximum Gasteiger partial charge on any atom is 0.177 e. The van der Waals surface area contributed by atoms with Gasteiger partial charge in [-0.05, 0) is 19.8 Å². The van der Waals surface area contributed by atoms with Crippen LogP contribution in [-0.4, -0.2) is 25.2 Å². The molecule has 1 fully saturated rings. The van der Waals surface area contributed by atoms with Gasteiger partial charge in [0.15, 0.2) is 15.6 Å². The highest BCUT2D eigenvalue weighted by Gasteiger charge is 2.29. The van der Waals surface area contributed by atoms with Crippen molar-refractivity contribution >= 4 is 15.6 Å². The molecule has 1 aromatic rings. The molecule has 0 N–H and O–H groups in total. The van der Waals surface area contributed by atoms with E-state index in [0.29, 0.717) is 18.4 Å². The summed E-state index contributed by atoms with van der Waals surface area (Å²) in [4.78, 5) is 12.0. The second kappa shape index (κ2) is 5.87. The van der Waals surface area contributed by atoms with E-state index in [1.807, 2.05) is 19.1 Å². The Morgan fingerprint density at radius 3 is 2.26 bits per heavy atom. The average Bonchev–Trinajstić information content (AvgIpc) is 2.40. The minimum Gasteiger partial charge on any atom is -0.293 e. The van der Waals surface area contributed by atoms with E-state index in [4.69, 9.17) is 0 Å². The fraction of sp³-hybridized carbons (Fsp3) is 0.533. The summed E-state index contributed by atoms with van der Waals surface area (Å²) in [6.07, 6.45) is 4.45. The van der Waals surface area contributed by atoms with Gasteiger partial charge in [-0.1, -0.05) is 49.1 Å². The predicted octanol–water partition coefficient (Wildman–Crippen LogP) is 2.93. The Balaban J connectivity index is 2.07. The molecule has 0 amide bonds. The number of carbonyl (C=O) groups excluding carboxylic acids is 1. The Hall–Kier alpha value is -1.16. The number of hydrogen-bond donors (Lipinski definition) is 0. The van der Waals surface area contributed by atoms with Gasteiger partial charge in [-0.25, -0.2) is 8.42 Å². The number of carbonyl (C=O) groups is 1. The van der Waals surface area contributed by atoms with Crippen molar-refractivity contribution in [2.45, 2.75) is 44.3 Å². The Labute approximate surface area is 114 Å². The van der Waals surface area contributed by atoms with Gasteiger partial charge in [-0.15, -0.1) is 0 Å². The predicted molar refractivity (Wildman–Crippen MR) is 76.2 cm³/mol. The average molecular weight is 280 g/mol. The van der Waals surface area contributed by atoms with Crippen LogP contribution in [0.3, 0.4) is 0 Å². The third-order valence-electron chi connectivity index (χ3n) is 3.77. The lowest BCUT2D eigenvalue weighted by atomic mass is 10.0. The van der Waals surface area contributed by atoms with Crippen molar-refractivity contribution in [1.82, 2.24) is 0 Å². The van der Waals surface area contributed by atoms with Crippen molar-refractivity contribution in [2.75, 3.05) is 5.75 Å². The van der Waals surface area contributed by atoms with Crippen LogP contribution in [0.1, 0.15) is 48.0 Å². The molecule has 0 aliphatic heterocycles. The van der Waals surface area contributed by atoms with Gasteiger partial charge in [-0.3, -0.25) is 4.79 Å². The van der Waals surface area contributed by atoms with Gasteiger partial charge < -0.3 is 0 Å². The number of rotatable bonds is 4. The van der Waals surface area contributed by atoms with Gasteiger partial charge in [0, 0.05) is 5.56 Å². The zero-order valence-electron chi connectivity index (χ0n) is 11.3. The summed E-state index contributed by atoms with van der Waals surface area (Å²) in [5.41, 5.74) is 1.55. The molecule has 1 aliphatic rings. The molecule has 2 rings (SSSR count). The Morgan fingerprint density at radius 2 is 1.68 bits per heavy atom. The third-order valence-corrected chi connectivity index (χ3v) is 5.92. The van der Waals surface area contributed by atoms with E-state index < -0.39 is 9.84 Å². The SMILES string of the molecule is Cc1ccc(C(=O)CS(=O)(=O)C2CCCCC2)cc1. The van der Waals surface area contributed by atoms with Crippen molar-refractivity contribution in [2.24, 2.45) is 0 Å². The molecule has 0 unspecified atom stereocenters. The van der Waals surface area contributed by atoms with E-state index in [1.54, 1.807) is 12.1 Å². The maximum atomic E-state index is 12.2. The lowest BCUT2D eigenvalue weighted by Crippen LogP contribution is -2.29. The molecule has 1 aliphatic carbocycles. The quantitative estimate of drug-likeness (QED) is 0.797. The second-order valence-electron chi connectivity index (χ2n) is 5.36. The monoisotopic (exact) mass is 280 g/mol. The number of ketones is 1. The van der Waals surface area contributed by atoms with Gasteiger partial charge in [0.05, 0.1) is 5.25 Å². The van der Waals surface area contributed by atoms with Crippen LogP contribution >= 0.6 is 0 Å². The first-order valence-corrected chi connectivity index (χ1v) is 8.52. The van der Waals surface area contributed by atoms with Gasteiger partial charge >= 0.3 is 0 Å². The summed E-state index contributed by atoms with van der Waals surface area (Å²) >= 11 is 0. The lowest BCUT2D eigenvalue weighted by Gasteiger charge is -2.21. The molecule has 0 aromatic heterocycles. The van der Waals surface area contributed by atoms with Crippen molar-refractivity contribution in [3.63, 3.8) is 0 Å². The van der Waals surface area contributed by atoms with E-state index >= 15 is 0 Å². The molecule has 19 heavy (non-hydrogen) atoms. The minimum absolute atomic E-state index is 0.287. The van der Waals surface area contributed by atoms with Crippen LogP contribution in [0.15, 0.2) is 24.3 Å². The second-order valence-corrected chi connectivity index (χ2v) is 7.64. The van der Waals surface area contributed by atoms with E-state index in [1.165, 1.54) is 0 Å². The summed E-state index contributed by atoms with van der Waals surface area (Å²) in [5, 5.41) is -0.310. The molecule has 0 atom stereocenters. The number of sulfone groups is 1. The fourth-order valence-corrected chi connectivity index (χ4v) is 4.37.